The van der Waals surface area contributed by atoms with Crippen LogP contribution < -0.4 is 5.73 Å². The highest BCUT2D eigenvalue weighted by Gasteiger charge is 1.90. The number of halogens is 1. The molecule has 0 saturated heterocycles. The van der Waals surface area contributed by atoms with Crippen LogP contribution in [0.25, 0.3) is 6.08 Å². The van der Waals surface area contributed by atoms with Gasteiger partial charge in [-0.15, -0.1) is 0 Å². The highest BCUT2D eigenvalue weighted by Crippen LogP contribution is 2.04. The molecule has 0 saturated carbocycles. The summed E-state index contributed by atoms with van der Waals surface area (Å²) in [6, 6.07) is 5.99. The number of amidine groups is 1. The Bertz CT molecular complexity index is 347. The lowest BCUT2D eigenvalue weighted by Crippen LogP contribution is -2.06. The smallest absolute Gasteiger partial charge is 0.162 e. The summed E-state index contributed by atoms with van der Waals surface area (Å²) in [5.41, 5.74) is 5.84. The van der Waals surface area contributed by atoms with Gasteiger partial charge in [0.05, 0.1) is 0 Å². The minimum atomic E-state index is -0.318. The zero-order valence-electron chi connectivity index (χ0n) is 6.81. The number of nitrogens with two attached hydrogens (primary N) is 1. The molecule has 0 aliphatic heterocycles. The molecule has 0 unspecified atom stereocenters. The molecule has 3 nitrogen and oxygen atoms in total. The SMILES string of the molecule is NC(/C=C/c1cccc(F)c1)=N\O. The van der Waals surface area contributed by atoms with Gasteiger partial charge in [0.1, 0.15) is 5.82 Å². The predicted octanol–water partition coefficient (Wildman–Crippen LogP) is 1.59. The van der Waals surface area contributed by atoms with Gasteiger partial charge in [-0.05, 0) is 23.8 Å². The van der Waals surface area contributed by atoms with E-state index in [0.29, 0.717) is 5.56 Å². The first-order valence-corrected chi connectivity index (χ1v) is 3.63. The molecule has 68 valence electrons. The molecule has 3 N–H and O–H groups in total. The van der Waals surface area contributed by atoms with Crippen molar-refractivity contribution < 1.29 is 9.60 Å². The lowest BCUT2D eigenvalue weighted by Gasteiger charge is -1.92. The van der Waals surface area contributed by atoms with E-state index in [1.54, 1.807) is 18.2 Å². The van der Waals surface area contributed by atoms with Crippen LogP contribution in [0.2, 0.25) is 0 Å². The maximum Gasteiger partial charge on any atom is 0.162 e. The van der Waals surface area contributed by atoms with Crippen molar-refractivity contribution >= 4 is 11.9 Å². The minimum absolute atomic E-state index is 0.0238. The van der Waals surface area contributed by atoms with Crippen LogP contribution in [0.3, 0.4) is 0 Å². The Kier molecular flexibility index (Phi) is 3.03. The predicted molar refractivity (Wildman–Crippen MR) is 48.8 cm³/mol. The van der Waals surface area contributed by atoms with E-state index in [0.717, 1.165) is 0 Å². The minimum Gasteiger partial charge on any atom is -0.409 e. The van der Waals surface area contributed by atoms with E-state index in [-0.39, 0.29) is 11.7 Å². The molecule has 0 spiro atoms. The monoisotopic (exact) mass is 180 g/mol. The van der Waals surface area contributed by atoms with E-state index < -0.39 is 0 Å². The van der Waals surface area contributed by atoms with Crippen LogP contribution in [0, 0.1) is 5.82 Å². The third kappa shape index (κ3) is 2.94. The van der Waals surface area contributed by atoms with Crippen LogP contribution in [0.1, 0.15) is 5.56 Å². The van der Waals surface area contributed by atoms with Gasteiger partial charge >= 0.3 is 0 Å². The largest absolute Gasteiger partial charge is 0.409 e. The molecule has 0 fully saturated rings. The van der Waals surface area contributed by atoms with E-state index in [2.05, 4.69) is 5.16 Å². The van der Waals surface area contributed by atoms with E-state index in [9.17, 15) is 4.39 Å². The average molecular weight is 180 g/mol. The number of hydrogen-bond donors (Lipinski definition) is 2. The zero-order chi connectivity index (χ0) is 9.68. The molecule has 1 aromatic rings. The third-order valence-corrected chi connectivity index (χ3v) is 1.41. The van der Waals surface area contributed by atoms with Crippen molar-refractivity contribution in [2.75, 3.05) is 0 Å². The van der Waals surface area contributed by atoms with E-state index in [4.69, 9.17) is 10.9 Å². The van der Waals surface area contributed by atoms with Crippen molar-refractivity contribution in [2.24, 2.45) is 10.9 Å². The van der Waals surface area contributed by atoms with Crippen LogP contribution in [-0.2, 0) is 0 Å². The fraction of sp³-hybridized carbons (Fsp3) is 0. The van der Waals surface area contributed by atoms with E-state index in [1.807, 2.05) is 0 Å². The molecule has 4 heteroatoms. The molecule has 1 rings (SSSR count). The second kappa shape index (κ2) is 4.25. The van der Waals surface area contributed by atoms with Gasteiger partial charge in [0.2, 0.25) is 0 Å². The van der Waals surface area contributed by atoms with Crippen LogP contribution in [-0.4, -0.2) is 11.0 Å². The summed E-state index contributed by atoms with van der Waals surface area (Å²) < 4.78 is 12.6. The Morgan fingerprint density at radius 3 is 2.92 bits per heavy atom. The van der Waals surface area contributed by atoms with Crippen LogP contribution in [0.5, 0.6) is 0 Å². The second-order valence-corrected chi connectivity index (χ2v) is 2.41. The van der Waals surface area contributed by atoms with Crippen molar-refractivity contribution in [1.29, 1.82) is 0 Å². The normalized spacial score (nSPS) is 12.2. The zero-order valence-corrected chi connectivity index (χ0v) is 6.81. The molecular formula is C9H9FN2O. The van der Waals surface area contributed by atoms with Gasteiger partial charge in [0, 0.05) is 0 Å². The molecule has 0 aromatic heterocycles. The van der Waals surface area contributed by atoms with Crippen LogP contribution in [0.4, 0.5) is 4.39 Å². The first-order valence-electron chi connectivity index (χ1n) is 3.63. The Labute approximate surface area is 75.0 Å². The molecule has 0 atom stereocenters. The standard InChI is InChI=1S/C9H9FN2O/c10-8-3-1-2-7(6-8)4-5-9(11)12-13/h1-6,13H,(H2,11,12)/b5-4+. The highest BCUT2D eigenvalue weighted by atomic mass is 19.1. The van der Waals surface area contributed by atoms with Crippen LogP contribution in [0.15, 0.2) is 35.5 Å². The summed E-state index contributed by atoms with van der Waals surface area (Å²) in [6.45, 7) is 0. The number of nitrogens with zero attached hydrogens (tertiary/aromatic N) is 1. The van der Waals surface area contributed by atoms with E-state index in [1.165, 1.54) is 18.2 Å². The Balaban J connectivity index is 2.80. The molecule has 13 heavy (non-hydrogen) atoms. The number of oxime groups is 1. The molecule has 0 aliphatic carbocycles. The maximum absolute atomic E-state index is 12.6. The van der Waals surface area contributed by atoms with Crippen molar-refractivity contribution in [1.82, 2.24) is 0 Å². The van der Waals surface area contributed by atoms with Gasteiger partial charge in [0.15, 0.2) is 5.84 Å². The maximum atomic E-state index is 12.6. The van der Waals surface area contributed by atoms with Gasteiger partial charge in [-0.3, -0.25) is 0 Å². The van der Waals surface area contributed by atoms with Crippen molar-refractivity contribution in [3.8, 4) is 0 Å². The van der Waals surface area contributed by atoms with Crippen molar-refractivity contribution in [3.63, 3.8) is 0 Å². The Hall–Kier alpha value is -1.84. The van der Waals surface area contributed by atoms with Crippen LogP contribution >= 0.6 is 0 Å². The van der Waals surface area contributed by atoms with Gasteiger partial charge < -0.3 is 10.9 Å². The first-order chi connectivity index (χ1) is 6.22. The van der Waals surface area contributed by atoms with Crippen molar-refractivity contribution in [3.05, 3.63) is 41.7 Å². The third-order valence-electron chi connectivity index (χ3n) is 1.41. The highest BCUT2D eigenvalue weighted by molar-refractivity contribution is 5.94. The molecule has 0 heterocycles. The topological polar surface area (TPSA) is 58.6 Å². The van der Waals surface area contributed by atoms with Gasteiger partial charge in [-0.2, -0.15) is 0 Å². The summed E-state index contributed by atoms with van der Waals surface area (Å²) in [5, 5.41) is 10.9. The molecule has 0 radical (unpaired) electrons. The first kappa shape index (κ1) is 9.25. The number of rotatable bonds is 2. The Morgan fingerprint density at radius 2 is 2.31 bits per heavy atom. The average Bonchev–Trinajstić information content (AvgIpc) is 2.14. The fourth-order valence-electron chi connectivity index (χ4n) is 0.825. The summed E-state index contributed by atoms with van der Waals surface area (Å²) in [5.74, 6) is -0.342. The quantitative estimate of drug-likeness (QED) is 0.314. The number of hydrogen-bond acceptors (Lipinski definition) is 2. The molecule has 0 aliphatic rings. The van der Waals surface area contributed by atoms with Gasteiger partial charge in [-0.1, -0.05) is 23.4 Å². The summed E-state index contributed by atoms with van der Waals surface area (Å²) in [4.78, 5) is 0. The lowest BCUT2D eigenvalue weighted by atomic mass is 10.2. The molecular weight excluding hydrogens is 171 g/mol. The lowest BCUT2D eigenvalue weighted by molar-refractivity contribution is 0.319. The van der Waals surface area contributed by atoms with Gasteiger partial charge in [0.25, 0.3) is 0 Å². The molecule has 0 bridgehead atoms. The summed E-state index contributed by atoms with van der Waals surface area (Å²) in [7, 11) is 0. The second-order valence-electron chi connectivity index (χ2n) is 2.41. The van der Waals surface area contributed by atoms with Gasteiger partial charge in [-0.25, -0.2) is 4.39 Å². The molecule has 0 amide bonds. The number of benzene rings is 1. The van der Waals surface area contributed by atoms with Crippen molar-refractivity contribution in [2.45, 2.75) is 0 Å². The van der Waals surface area contributed by atoms with E-state index >= 15 is 0 Å². The Morgan fingerprint density at radius 1 is 1.54 bits per heavy atom. The fourth-order valence-corrected chi connectivity index (χ4v) is 0.825. The summed E-state index contributed by atoms with van der Waals surface area (Å²) in [6.07, 6.45) is 2.94. The summed E-state index contributed by atoms with van der Waals surface area (Å²) >= 11 is 0. The molecule has 1 aromatic carbocycles.